The highest BCUT2D eigenvalue weighted by Gasteiger charge is 2.07. The number of carbonyl (C=O) groups excluding carboxylic acids is 1. The van der Waals surface area contributed by atoms with Gasteiger partial charge < -0.3 is 20.1 Å². The molecule has 2 N–H and O–H groups in total. The fourth-order valence-electron chi connectivity index (χ4n) is 2.15. The Morgan fingerprint density at radius 1 is 1.12 bits per heavy atom. The van der Waals surface area contributed by atoms with Crippen molar-refractivity contribution in [1.29, 1.82) is 0 Å². The van der Waals surface area contributed by atoms with E-state index in [9.17, 15) is 4.79 Å². The first-order chi connectivity index (χ1) is 11.6. The molecule has 2 aromatic rings. The Bertz CT molecular complexity index is 670. The zero-order chi connectivity index (χ0) is 17.4. The standard InChI is InChI=1S/C18H24N2O3S/c1-4-9-23-16-8-6-14(10-17(16)22-3)11-19-18(21)20-12-15-7-5-13(2)24-15/h5-8,10H,4,9,11-12H2,1-3H3,(H2,19,20,21). The second kappa shape index (κ2) is 9.17. The van der Waals surface area contributed by atoms with Gasteiger partial charge in [-0.25, -0.2) is 4.79 Å². The summed E-state index contributed by atoms with van der Waals surface area (Å²) in [5.74, 6) is 1.40. The number of urea groups is 1. The number of nitrogens with one attached hydrogen (secondary N) is 2. The quantitative estimate of drug-likeness (QED) is 0.762. The number of rotatable bonds is 8. The van der Waals surface area contributed by atoms with Crippen LogP contribution in [0, 0.1) is 6.92 Å². The lowest BCUT2D eigenvalue weighted by Crippen LogP contribution is -2.34. The molecule has 0 atom stereocenters. The van der Waals surface area contributed by atoms with Crippen molar-refractivity contribution in [2.24, 2.45) is 0 Å². The Morgan fingerprint density at radius 2 is 1.92 bits per heavy atom. The fourth-order valence-corrected chi connectivity index (χ4v) is 2.98. The zero-order valence-electron chi connectivity index (χ0n) is 14.3. The molecule has 130 valence electrons. The van der Waals surface area contributed by atoms with Crippen LogP contribution in [-0.4, -0.2) is 19.7 Å². The van der Waals surface area contributed by atoms with Gasteiger partial charge in [0.15, 0.2) is 11.5 Å². The van der Waals surface area contributed by atoms with Crippen LogP contribution in [0.25, 0.3) is 0 Å². The number of methoxy groups -OCH3 is 1. The van der Waals surface area contributed by atoms with Gasteiger partial charge in [0.05, 0.1) is 20.3 Å². The van der Waals surface area contributed by atoms with Crippen LogP contribution in [0.1, 0.15) is 28.7 Å². The number of amides is 2. The predicted molar refractivity (Wildman–Crippen MR) is 96.9 cm³/mol. The molecule has 0 spiro atoms. The average Bonchev–Trinajstić information content (AvgIpc) is 3.02. The second-order valence-electron chi connectivity index (χ2n) is 5.38. The largest absolute Gasteiger partial charge is 0.493 e. The first-order valence-corrected chi connectivity index (χ1v) is 8.80. The van der Waals surface area contributed by atoms with E-state index >= 15 is 0 Å². The van der Waals surface area contributed by atoms with Crippen molar-refractivity contribution in [3.05, 3.63) is 45.6 Å². The topological polar surface area (TPSA) is 59.6 Å². The Morgan fingerprint density at radius 3 is 2.58 bits per heavy atom. The number of ether oxygens (including phenoxy) is 2. The minimum atomic E-state index is -0.189. The van der Waals surface area contributed by atoms with Gasteiger partial charge in [0, 0.05) is 16.3 Å². The molecule has 0 saturated heterocycles. The molecule has 0 aliphatic carbocycles. The summed E-state index contributed by atoms with van der Waals surface area (Å²) in [6.45, 7) is 5.73. The fraction of sp³-hybridized carbons (Fsp3) is 0.389. The van der Waals surface area contributed by atoms with Gasteiger partial charge >= 0.3 is 6.03 Å². The first-order valence-electron chi connectivity index (χ1n) is 7.99. The van der Waals surface area contributed by atoms with E-state index in [0.29, 0.717) is 25.4 Å². The third kappa shape index (κ3) is 5.45. The van der Waals surface area contributed by atoms with Crippen LogP contribution in [0.4, 0.5) is 4.79 Å². The van der Waals surface area contributed by atoms with Crippen LogP contribution in [0.2, 0.25) is 0 Å². The average molecular weight is 348 g/mol. The van der Waals surface area contributed by atoms with Crippen LogP contribution >= 0.6 is 11.3 Å². The van der Waals surface area contributed by atoms with Crippen molar-refractivity contribution >= 4 is 17.4 Å². The van der Waals surface area contributed by atoms with Gasteiger partial charge in [-0.2, -0.15) is 0 Å². The molecule has 0 radical (unpaired) electrons. The zero-order valence-corrected chi connectivity index (χ0v) is 15.2. The normalized spacial score (nSPS) is 10.3. The van der Waals surface area contributed by atoms with Crippen molar-refractivity contribution in [3.8, 4) is 11.5 Å². The number of thiophene rings is 1. The van der Waals surface area contributed by atoms with Gasteiger partial charge in [0.25, 0.3) is 0 Å². The smallest absolute Gasteiger partial charge is 0.315 e. The number of benzene rings is 1. The molecule has 5 nitrogen and oxygen atoms in total. The number of hydrogen-bond acceptors (Lipinski definition) is 4. The van der Waals surface area contributed by atoms with Crippen LogP contribution in [-0.2, 0) is 13.1 Å². The van der Waals surface area contributed by atoms with Crippen molar-refractivity contribution in [2.45, 2.75) is 33.4 Å². The van der Waals surface area contributed by atoms with E-state index in [1.165, 1.54) is 4.88 Å². The third-order valence-corrected chi connectivity index (χ3v) is 4.36. The second-order valence-corrected chi connectivity index (χ2v) is 6.75. The lowest BCUT2D eigenvalue weighted by Gasteiger charge is -2.12. The number of hydrogen-bond donors (Lipinski definition) is 2. The Kier molecular flexibility index (Phi) is 6.93. The summed E-state index contributed by atoms with van der Waals surface area (Å²) in [4.78, 5) is 14.3. The summed E-state index contributed by atoms with van der Waals surface area (Å²) >= 11 is 1.68. The summed E-state index contributed by atoms with van der Waals surface area (Å²) in [5.41, 5.74) is 0.956. The molecule has 1 aromatic carbocycles. The maximum atomic E-state index is 11.9. The van der Waals surface area contributed by atoms with Crippen molar-refractivity contribution in [1.82, 2.24) is 10.6 Å². The van der Waals surface area contributed by atoms with E-state index in [1.54, 1.807) is 18.4 Å². The summed E-state index contributed by atoms with van der Waals surface area (Å²) in [7, 11) is 1.61. The maximum Gasteiger partial charge on any atom is 0.315 e. The van der Waals surface area contributed by atoms with Gasteiger partial charge in [-0.3, -0.25) is 0 Å². The van der Waals surface area contributed by atoms with Gasteiger partial charge in [-0.15, -0.1) is 11.3 Å². The van der Waals surface area contributed by atoms with E-state index in [2.05, 4.69) is 24.5 Å². The van der Waals surface area contributed by atoms with Gasteiger partial charge in [0.1, 0.15) is 0 Å². The van der Waals surface area contributed by atoms with Crippen molar-refractivity contribution in [3.63, 3.8) is 0 Å². The van der Waals surface area contributed by atoms with E-state index in [-0.39, 0.29) is 6.03 Å². The summed E-state index contributed by atoms with van der Waals surface area (Å²) in [6.07, 6.45) is 0.941. The van der Waals surface area contributed by atoms with Gasteiger partial charge in [-0.1, -0.05) is 13.0 Å². The number of aryl methyl sites for hydroxylation is 1. The third-order valence-electron chi connectivity index (χ3n) is 3.36. The Balaban J connectivity index is 1.83. The molecule has 2 rings (SSSR count). The maximum absolute atomic E-state index is 11.9. The minimum Gasteiger partial charge on any atom is -0.493 e. The highest BCUT2D eigenvalue weighted by atomic mass is 32.1. The van der Waals surface area contributed by atoms with E-state index < -0.39 is 0 Å². The lowest BCUT2D eigenvalue weighted by atomic mass is 10.2. The molecule has 0 fully saturated rings. The van der Waals surface area contributed by atoms with Crippen LogP contribution in [0.15, 0.2) is 30.3 Å². The monoisotopic (exact) mass is 348 g/mol. The Labute approximate surface area is 147 Å². The van der Waals surface area contributed by atoms with Gasteiger partial charge in [0.2, 0.25) is 0 Å². The van der Waals surface area contributed by atoms with Crippen molar-refractivity contribution in [2.75, 3.05) is 13.7 Å². The SMILES string of the molecule is CCCOc1ccc(CNC(=O)NCc2ccc(C)s2)cc1OC. The molecular formula is C18H24N2O3S. The summed E-state index contributed by atoms with van der Waals surface area (Å²) in [6, 6.07) is 9.57. The molecule has 2 amide bonds. The number of carbonyl (C=O) groups is 1. The first kappa shape index (κ1) is 18.1. The molecule has 0 aliphatic rings. The van der Waals surface area contributed by atoms with Crippen LogP contribution in [0.5, 0.6) is 11.5 Å². The molecule has 1 heterocycles. The Hall–Kier alpha value is -2.21. The molecular weight excluding hydrogens is 324 g/mol. The van der Waals surface area contributed by atoms with Crippen molar-refractivity contribution < 1.29 is 14.3 Å². The molecule has 0 saturated carbocycles. The molecule has 1 aromatic heterocycles. The highest BCUT2D eigenvalue weighted by Crippen LogP contribution is 2.28. The lowest BCUT2D eigenvalue weighted by molar-refractivity contribution is 0.240. The summed E-state index contributed by atoms with van der Waals surface area (Å²) in [5, 5.41) is 5.70. The minimum absolute atomic E-state index is 0.189. The predicted octanol–water partition coefficient (Wildman–Crippen LogP) is 3.85. The van der Waals surface area contributed by atoms with Crippen LogP contribution < -0.4 is 20.1 Å². The molecule has 6 heteroatoms. The molecule has 0 aliphatic heterocycles. The van der Waals surface area contributed by atoms with Gasteiger partial charge in [-0.05, 0) is 43.2 Å². The molecule has 0 unspecified atom stereocenters. The summed E-state index contributed by atoms with van der Waals surface area (Å²) < 4.78 is 11.0. The van der Waals surface area contributed by atoms with E-state index in [4.69, 9.17) is 9.47 Å². The van der Waals surface area contributed by atoms with Crippen LogP contribution in [0.3, 0.4) is 0 Å². The highest BCUT2D eigenvalue weighted by molar-refractivity contribution is 7.11. The van der Waals surface area contributed by atoms with E-state index in [1.807, 2.05) is 30.3 Å². The van der Waals surface area contributed by atoms with E-state index in [0.717, 1.165) is 22.6 Å². The molecule has 24 heavy (non-hydrogen) atoms. The molecule has 0 bridgehead atoms.